The number of nitrogens with zero attached hydrogens (tertiary/aromatic N) is 1. The number of hydrogen-bond donors (Lipinski definition) is 3. The summed E-state index contributed by atoms with van der Waals surface area (Å²) < 4.78 is 10.5. The van der Waals surface area contributed by atoms with Crippen molar-refractivity contribution in [3.63, 3.8) is 0 Å². The number of ketones is 1. The molecule has 4 atom stereocenters. The molecule has 0 aromatic heterocycles. The number of alkyl carbamates (subject to hydrolysis) is 1. The Labute approximate surface area is 271 Å². The maximum absolute atomic E-state index is 14.3. The number of nitrogens with one attached hydrogen (secondary N) is 2. The summed E-state index contributed by atoms with van der Waals surface area (Å²) >= 11 is 1.36. The minimum absolute atomic E-state index is 0.0352. The molecule has 3 N–H and O–H groups in total. The summed E-state index contributed by atoms with van der Waals surface area (Å²) in [5, 5.41) is 14.2. The van der Waals surface area contributed by atoms with E-state index in [2.05, 4.69) is 10.6 Å². The van der Waals surface area contributed by atoms with Gasteiger partial charge in [0.25, 0.3) is 5.78 Å². The third-order valence-corrected chi connectivity index (χ3v) is 8.83. The number of methoxy groups -OCH3 is 1. The maximum Gasteiger partial charge on any atom is 0.408 e. The molecular weight excluding hydrogens is 610 g/mol. The molecule has 0 saturated carbocycles. The Bertz CT molecular complexity index is 1520. The third kappa shape index (κ3) is 8.66. The van der Waals surface area contributed by atoms with Crippen LogP contribution in [0.4, 0.5) is 4.79 Å². The molecule has 1 fully saturated rings. The normalized spacial score (nSPS) is 17.1. The molecule has 12 heteroatoms. The van der Waals surface area contributed by atoms with Crippen LogP contribution in [0.5, 0.6) is 5.75 Å². The monoisotopic (exact) mass is 647 g/mol. The van der Waals surface area contributed by atoms with Crippen LogP contribution < -0.4 is 15.4 Å². The summed E-state index contributed by atoms with van der Waals surface area (Å²) in [4.78, 5) is 66.7. The Morgan fingerprint density at radius 1 is 0.891 bits per heavy atom. The van der Waals surface area contributed by atoms with E-state index in [1.165, 1.54) is 16.7 Å². The SMILES string of the molecule is COc1ccc(COC(=O)N[C@H](C(=O)N2C(c3ccccc3)SC[C@H]2C(=O)N[C@@H](Cc2ccccc2)C(=O)C(=O)O)C(C)C)cc1. The number of thioether (sulfide) groups is 1. The van der Waals surface area contributed by atoms with Crippen LogP contribution in [0, 0.1) is 5.92 Å². The first-order valence-corrected chi connectivity index (χ1v) is 15.8. The Hall–Kier alpha value is -4.84. The van der Waals surface area contributed by atoms with E-state index in [4.69, 9.17) is 9.47 Å². The van der Waals surface area contributed by atoms with E-state index >= 15 is 0 Å². The number of amides is 3. The van der Waals surface area contributed by atoms with E-state index < -0.39 is 53.2 Å². The number of benzene rings is 3. The molecule has 0 radical (unpaired) electrons. The van der Waals surface area contributed by atoms with Gasteiger partial charge in [-0.25, -0.2) is 9.59 Å². The van der Waals surface area contributed by atoms with Crippen molar-refractivity contribution in [2.24, 2.45) is 5.92 Å². The Morgan fingerprint density at radius 3 is 2.11 bits per heavy atom. The highest BCUT2D eigenvalue weighted by atomic mass is 32.2. The number of carbonyl (C=O) groups excluding carboxylic acids is 4. The zero-order valence-corrected chi connectivity index (χ0v) is 26.6. The van der Waals surface area contributed by atoms with Gasteiger partial charge in [0, 0.05) is 12.2 Å². The number of rotatable bonds is 13. The number of carboxylic acids is 1. The summed E-state index contributed by atoms with van der Waals surface area (Å²) in [5.74, 6) is -3.56. The van der Waals surface area contributed by atoms with Crippen molar-refractivity contribution in [3.05, 3.63) is 102 Å². The molecule has 11 nitrogen and oxygen atoms in total. The highest BCUT2D eigenvalue weighted by Gasteiger charge is 2.46. The van der Waals surface area contributed by atoms with Gasteiger partial charge in [-0.05, 0) is 34.7 Å². The predicted molar refractivity (Wildman–Crippen MR) is 172 cm³/mol. The van der Waals surface area contributed by atoms with Gasteiger partial charge in [0.15, 0.2) is 0 Å². The van der Waals surface area contributed by atoms with Gasteiger partial charge in [-0.1, -0.05) is 86.6 Å². The number of carboxylic acid groups (broad SMARTS) is 1. The Balaban J connectivity index is 1.55. The van der Waals surface area contributed by atoms with Crippen molar-refractivity contribution < 1.29 is 38.6 Å². The largest absolute Gasteiger partial charge is 0.497 e. The summed E-state index contributed by atoms with van der Waals surface area (Å²) in [7, 11) is 1.55. The summed E-state index contributed by atoms with van der Waals surface area (Å²) in [5.41, 5.74) is 2.15. The molecule has 46 heavy (non-hydrogen) atoms. The lowest BCUT2D eigenvalue weighted by atomic mass is 10.00. The molecule has 1 unspecified atom stereocenters. The maximum atomic E-state index is 14.3. The van der Waals surface area contributed by atoms with Crippen molar-refractivity contribution in [2.75, 3.05) is 12.9 Å². The summed E-state index contributed by atoms with van der Waals surface area (Å²) in [6, 6.07) is 21.4. The lowest BCUT2D eigenvalue weighted by Crippen LogP contribution is -2.58. The minimum atomic E-state index is -1.67. The molecule has 242 valence electrons. The fourth-order valence-corrected chi connectivity index (χ4v) is 6.48. The van der Waals surface area contributed by atoms with Gasteiger partial charge >= 0.3 is 12.1 Å². The Morgan fingerprint density at radius 2 is 1.52 bits per heavy atom. The van der Waals surface area contributed by atoms with Gasteiger partial charge in [0.05, 0.1) is 7.11 Å². The first-order valence-electron chi connectivity index (χ1n) is 14.8. The smallest absolute Gasteiger partial charge is 0.408 e. The van der Waals surface area contributed by atoms with Crippen LogP contribution in [0.2, 0.25) is 0 Å². The van der Waals surface area contributed by atoms with E-state index in [1.54, 1.807) is 75.6 Å². The van der Waals surface area contributed by atoms with E-state index in [9.17, 15) is 29.1 Å². The van der Waals surface area contributed by atoms with Crippen LogP contribution in [-0.2, 0) is 36.9 Å². The number of hydrogen-bond acceptors (Lipinski definition) is 8. The van der Waals surface area contributed by atoms with Crippen LogP contribution >= 0.6 is 11.8 Å². The zero-order chi connectivity index (χ0) is 33.2. The molecular formula is C34H37N3O8S. The van der Waals surface area contributed by atoms with Gasteiger partial charge in [-0.15, -0.1) is 11.8 Å². The van der Waals surface area contributed by atoms with Crippen molar-refractivity contribution >= 4 is 41.4 Å². The quantitative estimate of drug-likeness (QED) is 0.234. The van der Waals surface area contributed by atoms with E-state index in [0.29, 0.717) is 11.3 Å². The van der Waals surface area contributed by atoms with Crippen molar-refractivity contribution in [1.82, 2.24) is 15.5 Å². The highest BCUT2D eigenvalue weighted by molar-refractivity contribution is 7.99. The van der Waals surface area contributed by atoms with E-state index in [-0.39, 0.29) is 24.7 Å². The van der Waals surface area contributed by atoms with Gasteiger partial charge in [0.1, 0.15) is 35.9 Å². The first kappa shape index (κ1) is 34.0. The van der Waals surface area contributed by atoms with Crippen molar-refractivity contribution in [2.45, 2.75) is 50.4 Å². The fourth-order valence-electron chi connectivity index (χ4n) is 5.04. The molecule has 1 aliphatic rings. The highest BCUT2D eigenvalue weighted by Crippen LogP contribution is 2.42. The number of aliphatic carboxylic acids is 1. The molecule has 0 bridgehead atoms. The van der Waals surface area contributed by atoms with Gasteiger partial charge in [-0.3, -0.25) is 14.4 Å². The summed E-state index contributed by atoms with van der Waals surface area (Å²) in [6.45, 7) is 3.50. The number of Topliss-reactive ketones (excluding diaryl/α,β-unsaturated/α-hetero) is 1. The predicted octanol–water partition coefficient (Wildman–Crippen LogP) is 3.97. The molecule has 1 aliphatic heterocycles. The molecule has 3 amide bonds. The second-order valence-electron chi connectivity index (χ2n) is 11.1. The van der Waals surface area contributed by atoms with Crippen LogP contribution in [0.3, 0.4) is 0 Å². The number of carbonyl (C=O) groups is 5. The van der Waals surface area contributed by atoms with Crippen LogP contribution in [-0.4, -0.2) is 70.7 Å². The van der Waals surface area contributed by atoms with Gasteiger partial charge in [0.2, 0.25) is 11.8 Å². The molecule has 0 aliphatic carbocycles. The molecule has 1 heterocycles. The minimum Gasteiger partial charge on any atom is -0.497 e. The second-order valence-corrected chi connectivity index (χ2v) is 12.2. The standard InChI is InChI=1S/C34H37N3O8S/c1-21(2)28(36-34(43)45-19-23-14-16-25(44-3)17-15-23)31(40)37-27(20-46-32(37)24-12-8-5-9-13-24)30(39)35-26(29(38)33(41)42)18-22-10-6-4-7-11-22/h4-17,21,26-28,32H,18-20H2,1-3H3,(H,35,39)(H,36,43)(H,41,42)/t26-,27-,28-,32?/m0/s1. The van der Waals surface area contributed by atoms with Crippen molar-refractivity contribution in [1.29, 1.82) is 0 Å². The van der Waals surface area contributed by atoms with Crippen molar-refractivity contribution in [3.8, 4) is 5.75 Å². The average Bonchev–Trinajstić information content (AvgIpc) is 3.52. The van der Waals surface area contributed by atoms with Crippen LogP contribution in [0.25, 0.3) is 0 Å². The fraction of sp³-hybridized carbons (Fsp3) is 0.324. The Kier molecular flexibility index (Phi) is 11.8. The molecule has 4 rings (SSSR count). The lowest BCUT2D eigenvalue weighted by Gasteiger charge is -2.34. The topological polar surface area (TPSA) is 151 Å². The molecule has 1 saturated heterocycles. The molecule has 3 aromatic carbocycles. The average molecular weight is 648 g/mol. The van der Waals surface area contributed by atoms with Crippen LogP contribution in [0.1, 0.15) is 35.9 Å². The lowest BCUT2D eigenvalue weighted by molar-refractivity contribution is -0.151. The summed E-state index contributed by atoms with van der Waals surface area (Å²) in [6.07, 6.45) is -0.842. The second kappa shape index (κ2) is 15.9. The van der Waals surface area contributed by atoms with E-state index in [1.807, 2.05) is 30.3 Å². The molecule has 0 spiro atoms. The number of ether oxygens (including phenoxy) is 2. The zero-order valence-electron chi connectivity index (χ0n) is 25.8. The molecule has 3 aromatic rings. The van der Waals surface area contributed by atoms with Crippen LogP contribution in [0.15, 0.2) is 84.9 Å². The van der Waals surface area contributed by atoms with E-state index in [0.717, 1.165) is 11.1 Å². The van der Waals surface area contributed by atoms with Gasteiger partial charge in [-0.2, -0.15) is 0 Å². The third-order valence-electron chi connectivity index (χ3n) is 7.50. The first-order chi connectivity index (χ1) is 22.1. The van der Waals surface area contributed by atoms with Gasteiger partial charge < -0.3 is 30.1 Å².